The van der Waals surface area contributed by atoms with Crippen LogP contribution in [-0.2, 0) is 18.4 Å². The van der Waals surface area contributed by atoms with Crippen LogP contribution in [0.5, 0.6) is 0 Å². The van der Waals surface area contributed by atoms with Crippen LogP contribution in [0, 0.1) is 6.92 Å². The minimum atomic E-state index is -0.297. The molecule has 1 amide bonds. The molecule has 2 aromatic heterocycles. The van der Waals surface area contributed by atoms with Gasteiger partial charge in [-0.1, -0.05) is 12.1 Å². The second-order valence-corrected chi connectivity index (χ2v) is 5.77. The molecule has 3 rings (SSSR count). The topological polar surface area (TPSA) is 81.8 Å². The summed E-state index contributed by atoms with van der Waals surface area (Å²) in [6, 6.07) is 7.07. The summed E-state index contributed by atoms with van der Waals surface area (Å²) in [5.74, 6) is -0.232. The van der Waals surface area contributed by atoms with Gasteiger partial charge >= 0.3 is 0 Å². The van der Waals surface area contributed by atoms with E-state index in [2.05, 4.69) is 15.4 Å². The van der Waals surface area contributed by atoms with Crippen LogP contribution >= 0.6 is 0 Å². The van der Waals surface area contributed by atoms with Gasteiger partial charge in [-0.2, -0.15) is 5.10 Å². The first-order valence-corrected chi connectivity index (χ1v) is 7.70. The summed E-state index contributed by atoms with van der Waals surface area (Å²) in [5.41, 5.74) is 2.98. The van der Waals surface area contributed by atoms with Crippen molar-refractivity contribution in [2.75, 3.05) is 0 Å². The van der Waals surface area contributed by atoms with Gasteiger partial charge in [0.1, 0.15) is 6.54 Å². The highest BCUT2D eigenvalue weighted by atomic mass is 16.2. The van der Waals surface area contributed by atoms with Crippen LogP contribution in [0.2, 0.25) is 0 Å². The van der Waals surface area contributed by atoms with Crippen molar-refractivity contribution in [3.8, 4) is 0 Å². The van der Waals surface area contributed by atoms with E-state index in [-0.39, 0.29) is 24.1 Å². The monoisotopic (exact) mass is 325 g/mol. The summed E-state index contributed by atoms with van der Waals surface area (Å²) in [6.07, 6.45) is 2.98. The maximum atomic E-state index is 12.4. The lowest BCUT2D eigenvalue weighted by atomic mass is 10.1. The van der Waals surface area contributed by atoms with Crippen LogP contribution in [0.25, 0.3) is 11.0 Å². The van der Waals surface area contributed by atoms with Gasteiger partial charge in [0, 0.05) is 18.3 Å². The molecule has 0 radical (unpaired) electrons. The first-order valence-electron chi connectivity index (χ1n) is 7.70. The Balaban J connectivity index is 1.82. The van der Waals surface area contributed by atoms with Gasteiger partial charge in [0.05, 0.1) is 29.5 Å². The molecule has 1 aromatic carbocycles. The van der Waals surface area contributed by atoms with Crippen molar-refractivity contribution in [2.45, 2.75) is 26.4 Å². The van der Waals surface area contributed by atoms with Gasteiger partial charge in [-0.3, -0.25) is 18.8 Å². The number of para-hydroxylation sites is 2. The number of carbonyl (C=O) groups excluding carboxylic acids is 1. The Kier molecular flexibility index (Phi) is 4.16. The van der Waals surface area contributed by atoms with Crippen LogP contribution in [0.3, 0.4) is 0 Å². The number of aromatic nitrogens is 4. The average molecular weight is 325 g/mol. The highest BCUT2D eigenvalue weighted by Gasteiger charge is 2.16. The van der Waals surface area contributed by atoms with Gasteiger partial charge in [0.25, 0.3) is 5.56 Å². The highest BCUT2D eigenvalue weighted by molar-refractivity contribution is 5.80. The fourth-order valence-electron chi connectivity index (χ4n) is 2.73. The average Bonchev–Trinajstić information content (AvgIpc) is 2.90. The molecule has 1 N–H and O–H groups in total. The van der Waals surface area contributed by atoms with Crippen LogP contribution in [0.4, 0.5) is 0 Å². The molecular weight excluding hydrogens is 306 g/mol. The quantitative estimate of drug-likeness (QED) is 0.784. The standard InChI is InChI=1S/C17H19N5O2/c1-11(13-8-19-21(3)12(13)2)20-16(23)10-22-15-7-5-4-6-14(15)18-9-17(22)24/h4-9,11H,10H2,1-3H3,(H,20,23). The van der Waals surface area contributed by atoms with Crippen molar-refractivity contribution in [3.05, 3.63) is 58.3 Å². The van der Waals surface area contributed by atoms with Crippen molar-refractivity contribution < 1.29 is 4.79 Å². The van der Waals surface area contributed by atoms with Gasteiger partial charge in [0.2, 0.25) is 5.91 Å². The van der Waals surface area contributed by atoms with Crippen LogP contribution in [0.15, 0.2) is 41.5 Å². The SMILES string of the molecule is Cc1c(C(C)NC(=O)Cn2c(=O)cnc3ccccc32)cnn1C. The van der Waals surface area contributed by atoms with Crippen molar-refractivity contribution in [1.82, 2.24) is 24.6 Å². The predicted octanol–water partition coefficient (Wildman–Crippen LogP) is 1.32. The molecule has 2 heterocycles. The number of carbonyl (C=O) groups is 1. The van der Waals surface area contributed by atoms with Crippen molar-refractivity contribution in [1.29, 1.82) is 0 Å². The maximum Gasteiger partial charge on any atom is 0.269 e. The molecule has 0 spiro atoms. The van der Waals surface area contributed by atoms with E-state index in [1.807, 2.05) is 39.1 Å². The smallest absolute Gasteiger partial charge is 0.269 e. The molecule has 0 bridgehead atoms. The number of rotatable bonds is 4. The minimum absolute atomic E-state index is 0.0501. The van der Waals surface area contributed by atoms with E-state index < -0.39 is 0 Å². The van der Waals surface area contributed by atoms with E-state index in [9.17, 15) is 9.59 Å². The lowest BCUT2D eigenvalue weighted by Gasteiger charge is -2.15. The number of hydrogen-bond donors (Lipinski definition) is 1. The third-order valence-electron chi connectivity index (χ3n) is 4.17. The summed E-state index contributed by atoms with van der Waals surface area (Å²) in [5, 5.41) is 7.10. The number of aryl methyl sites for hydroxylation is 1. The molecule has 1 atom stereocenters. The minimum Gasteiger partial charge on any atom is -0.348 e. The third kappa shape index (κ3) is 2.92. The molecule has 0 saturated carbocycles. The molecule has 7 heteroatoms. The van der Waals surface area contributed by atoms with Crippen LogP contribution in [0.1, 0.15) is 24.2 Å². The highest BCUT2D eigenvalue weighted by Crippen LogP contribution is 2.16. The molecular formula is C17H19N5O2. The zero-order valence-electron chi connectivity index (χ0n) is 13.9. The molecule has 0 aliphatic heterocycles. The largest absolute Gasteiger partial charge is 0.348 e. The molecule has 0 aliphatic carbocycles. The molecule has 0 aliphatic rings. The number of amides is 1. The summed E-state index contributed by atoms with van der Waals surface area (Å²) in [6.45, 7) is 3.80. The first kappa shape index (κ1) is 15.9. The second-order valence-electron chi connectivity index (χ2n) is 5.77. The van der Waals surface area contributed by atoms with Crippen LogP contribution < -0.4 is 10.9 Å². The van der Waals surface area contributed by atoms with E-state index >= 15 is 0 Å². The summed E-state index contributed by atoms with van der Waals surface area (Å²) in [7, 11) is 1.86. The van der Waals surface area contributed by atoms with Crippen LogP contribution in [-0.4, -0.2) is 25.2 Å². The zero-order chi connectivity index (χ0) is 17.3. The summed E-state index contributed by atoms with van der Waals surface area (Å²) < 4.78 is 3.19. The lowest BCUT2D eigenvalue weighted by Crippen LogP contribution is -2.34. The van der Waals surface area contributed by atoms with Gasteiger partial charge < -0.3 is 5.32 Å². The summed E-state index contributed by atoms with van der Waals surface area (Å²) in [4.78, 5) is 28.6. The fourth-order valence-corrected chi connectivity index (χ4v) is 2.73. The Hall–Kier alpha value is -2.96. The first-order chi connectivity index (χ1) is 11.5. The Labute approximate surface area is 138 Å². The molecule has 124 valence electrons. The number of fused-ring (bicyclic) bond motifs is 1. The van der Waals surface area contributed by atoms with E-state index in [1.54, 1.807) is 16.9 Å². The second kappa shape index (κ2) is 6.27. The van der Waals surface area contributed by atoms with Gasteiger partial charge in [-0.25, -0.2) is 4.98 Å². The van der Waals surface area contributed by atoms with E-state index in [0.717, 1.165) is 11.3 Å². The zero-order valence-corrected chi connectivity index (χ0v) is 13.9. The molecule has 3 aromatic rings. The van der Waals surface area contributed by atoms with E-state index in [1.165, 1.54) is 10.8 Å². The van der Waals surface area contributed by atoms with Crippen molar-refractivity contribution in [3.63, 3.8) is 0 Å². The van der Waals surface area contributed by atoms with Crippen molar-refractivity contribution >= 4 is 16.9 Å². The van der Waals surface area contributed by atoms with Gasteiger partial charge in [-0.05, 0) is 26.0 Å². The lowest BCUT2D eigenvalue weighted by molar-refractivity contribution is -0.122. The molecule has 1 unspecified atom stereocenters. The Morgan fingerprint density at radius 1 is 1.29 bits per heavy atom. The number of hydrogen-bond acceptors (Lipinski definition) is 4. The third-order valence-corrected chi connectivity index (χ3v) is 4.17. The normalized spacial score (nSPS) is 12.3. The van der Waals surface area contributed by atoms with E-state index in [4.69, 9.17) is 0 Å². The van der Waals surface area contributed by atoms with Gasteiger partial charge in [-0.15, -0.1) is 0 Å². The summed E-state index contributed by atoms with van der Waals surface area (Å²) >= 11 is 0. The molecule has 0 saturated heterocycles. The van der Waals surface area contributed by atoms with Gasteiger partial charge in [0.15, 0.2) is 0 Å². The number of nitrogens with one attached hydrogen (secondary N) is 1. The number of nitrogens with zero attached hydrogens (tertiary/aromatic N) is 4. The molecule has 24 heavy (non-hydrogen) atoms. The number of benzene rings is 1. The molecule has 0 fully saturated rings. The van der Waals surface area contributed by atoms with Crippen molar-refractivity contribution in [2.24, 2.45) is 7.05 Å². The Bertz CT molecular complexity index is 957. The maximum absolute atomic E-state index is 12.4. The Morgan fingerprint density at radius 2 is 2.04 bits per heavy atom. The Morgan fingerprint density at radius 3 is 2.75 bits per heavy atom. The fraction of sp³-hybridized carbons (Fsp3) is 0.294. The predicted molar refractivity (Wildman–Crippen MR) is 90.5 cm³/mol. The molecule has 7 nitrogen and oxygen atoms in total. The van der Waals surface area contributed by atoms with E-state index in [0.29, 0.717) is 11.0 Å².